The molecule has 0 unspecified atom stereocenters. The third kappa shape index (κ3) is 3.14. The highest BCUT2D eigenvalue weighted by Crippen LogP contribution is 2.57. The fraction of sp³-hybridized carbons (Fsp3) is 0.500. The van der Waals surface area contributed by atoms with Gasteiger partial charge in [-0.2, -0.15) is 0 Å². The SMILES string of the molecule is Cc1c(NCc2cnc(Cl)s2)c(Br)c2c(c1[N+](=O)[O-])C(C)(C)CC2(C)C. The minimum atomic E-state index is -0.252. The molecule has 0 bridgehead atoms. The van der Waals surface area contributed by atoms with Crippen molar-refractivity contribution in [2.45, 2.75) is 58.4 Å². The first kappa shape index (κ1) is 19.6. The van der Waals surface area contributed by atoms with Gasteiger partial charge in [0.05, 0.1) is 22.7 Å². The lowest BCUT2D eigenvalue weighted by Crippen LogP contribution is -2.18. The van der Waals surface area contributed by atoms with Crippen molar-refractivity contribution in [1.82, 2.24) is 4.98 Å². The second-order valence-electron chi connectivity index (χ2n) is 8.05. The van der Waals surface area contributed by atoms with E-state index in [1.54, 1.807) is 6.20 Å². The molecule has 1 aliphatic carbocycles. The zero-order valence-electron chi connectivity index (χ0n) is 15.4. The molecule has 0 saturated heterocycles. The molecule has 140 valence electrons. The Balaban J connectivity index is 2.18. The minimum Gasteiger partial charge on any atom is -0.379 e. The molecule has 1 aliphatic rings. The van der Waals surface area contributed by atoms with Gasteiger partial charge >= 0.3 is 0 Å². The summed E-state index contributed by atoms with van der Waals surface area (Å²) in [4.78, 5) is 16.7. The maximum Gasteiger partial charge on any atom is 0.278 e. The summed E-state index contributed by atoms with van der Waals surface area (Å²) in [6, 6.07) is 0. The molecule has 26 heavy (non-hydrogen) atoms. The Kier molecular flexibility index (Phi) is 4.86. The molecule has 2 aromatic rings. The largest absolute Gasteiger partial charge is 0.379 e. The average molecular weight is 459 g/mol. The van der Waals surface area contributed by atoms with Gasteiger partial charge in [-0.15, -0.1) is 11.3 Å². The summed E-state index contributed by atoms with van der Waals surface area (Å²) < 4.78 is 1.40. The summed E-state index contributed by atoms with van der Waals surface area (Å²) in [7, 11) is 0. The number of hydrogen-bond donors (Lipinski definition) is 1. The topological polar surface area (TPSA) is 68.1 Å². The molecule has 1 N–H and O–H groups in total. The molecule has 3 rings (SSSR count). The zero-order valence-corrected chi connectivity index (χ0v) is 18.5. The number of halogens is 2. The quantitative estimate of drug-likeness (QED) is 0.428. The van der Waals surface area contributed by atoms with Crippen LogP contribution in [-0.2, 0) is 17.4 Å². The van der Waals surface area contributed by atoms with E-state index in [0.717, 1.165) is 32.6 Å². The number of rotatable bonds is 4. The number of benzene rings is 1. The van der Waals surface area contributed by atoms with Crippen molar-refractivity contribution in [3.05, 3.63) is 46.8 Å². The standard InChI is InChI=1S/C18H21BrClN3O2S/c1-9-14(21-6-10-7-22-16(20)26-10)13(19)11-12(15(9)23(24)25)18(4,5)8-17(11,2)3/h7,21H,6,8H2,1-5H3. The monoisotopic (exact) mass is 457 g/mol. The van der Waals surface area contributed by atoms with Gasteiger partial charge in [0.15, 0.2) is 4.47 Å². The number of hydrogen-bond acceptors (Lipinski definition) is 5. The van der Waals surface area contributed by atoms with Crippen molar-refractivity contribution in [3.8, 4) is 0 Å². The molecule has 1 heterocycles. The van der Waals surface area contributed by atoms with Crippen LogP contribution in [0.1, 0.15) is 55.7 Å². The summed E-state index contributed by atoms with van der Waals surface area (Å²) in [6.45, 7) is 10.8. The molecule has 8 heteroatoms. The molecule has 1 aromatic carbocycles. The summed E-state index contributed by atoms with van der Waals surface area (Å²) >= 11 is 11.0. The van der Waals surface area contributed by atoms with Gasteiger partial charge in [0.2, 0.25) is 0 Å². The number of aromatic nitrogens is 1. The molecule has 1 aromatic heterocycles. The Labute approximate surface area is 170 Å². The maximum atomic E-state index is 12.0. The zero-order chi connectivity index (χ0) is 19.4. The van der Waals surface area contributed by atoms with Crippen LogP contribution in [0.4, 0.5) is 11.4 Å². The maximum absolute atomic E-state index is 12.0. The van der Waals surface area contributed by atoms with Gasteiger partial charge in [0, 0.05) is 21.1 Å². The van der Waals surface area contributed by atoms with Gasteiger partial charge in [-0.1, -0.05) is 39.3 Å². The minimum absolute atomic E-state index is 0.152. The average Bonchev–Trinajstić information content (AvgIpc) is 2.97. The van der Waals surface area contributed by atoms with Crippen molar-refractivity contribution < 1.29 is 4.92 Å². The number of nitro benzene ring substituents is 1. The smallest absolute Gasteiger partial charge is 0.278 e. The van der Waals surface area contributed by atoms with Crippen molar-refractivity contribution >= 4 is 50.2 Å². The van der Waals surface area contributed by atoms with Gasteiger partial charge < -0.3 is 5.32 Å². The van der Waals surface area contributed by atoms with Crippen molar-refractivity contribution in [3.63, 3.8) is 0 Å². The van der Waals surface area contributed by atoms with Crippen LogP contribution in [0.15, 0.2) is 10.7 Å². The summed E-state index contributed by atoms with van der Waals surface area (Å²) in [5.41, 5.74) is 3.13. The Morgan fingerprint density at radius 3 is 2.50 bits per heavy atom. The van der Waals surface area contributed by atoms with Crippen LogP contribution in [0.2, 0.25) is 4.47 Å². The van der Waals surface area contributed by atoms with E-state index >= 15 is 0 Å². The van der Waals surface area contributed by atoms with Crippen LogP contribution in [0.3, 0.4) is 0 Å². The summed E-state index contributed by atoms with van der Waals surface area (Å²) in [5.74, 6) is 0. The third-order valence-corrected chi connectivity index (χ3v) is 6.95. The molecule has 0 saturated carbocycles. The Hall–Kier alpha value is -1.18. The number of nitrogens with zero attached hydrogens (tertiary/aromatic N) is 2. The van der Waals surface area contributed by atoms with Crippen molar-refractivity contribution in [2.24, 2.45) is 0 Å². The Morgan fingerprint density at radius 1 is 1.35 bits per heavy atom. The molecule has 0 amide bonds. The number of anilines is 1. The molecule has 5 nitrogen and oxygen atoms in total. The molecule has 0 aliphatic heterocycles. The first-order chi connectivity index (χ1) is 12.0. The van der Waals surface area contributed by atoms with Gasteiger partial charge in [-0.05, 0) is 45.7 Å². The summed E-state index contributed by atoms with van der Waals surface area (Å²) in [5, 5.41) is 15.3. The van der Waals surface area contributed by atoms with E-state index in [0.29, 0.717) is 16.6 Å². The van der Waals surface area contributed by atoms with Crippen LogP contribution in [-0.4, -0.2) is 9.91 Å². The van der Waals surface area contributed by atoms with Gasteiger partial charge in [0.1, 0.15) is 0 Å². The lowest BCUT2D eigenvalue weighted by molar-refractivity contribution is -0.386. The fourth-order valence-corrected chi connectivity index (χ4v) is 6.47. The second-order valence-corrected chi connectivity index (χ2v) is 10.5. The number of nitro groups is 1. The third-order valence-electron chi connectivity index (χ3n) is 5.04. The lowest BCUT2D eigenvalue weighted by atomic mass is 9.81. The molecule has 0 atom stereocenters. The van der Waals surface area contributed by atoms with E-state index in [1.165, 1.54) is 11.3 Å². The molecular weight excluding hydrogens is 438 g/mol. The Bertz CT molecular complexity index is 908. The normalized spacial score (nSPS) is 17.2. The van der Waals surface area contributed by atoms with E-state index in [9.17, 15) is 10.1 Å². The highest BCUT2D eigenvalue weighted by Gasteiger charge is 2.49. The second kappa shape index (κ2) is 6.46. The van der Waals surface area contributed by atoms with E-state index < -0.39 is 0 Å². The van der Waals surface area contributed by atoms with Crippen LogP contribution in [0, 0.1) is 17.0 Å². The van der Waals surface area contributed by atoms with Crippen molar-refractivity contribution in [2.75, 3.05) is 5.32 Å². The van der Waals surface area contributed by atoms with Crippen molar-refractivity contribution in [1.29, 1.82) is 0 Å². The lowest BCUT2D eigenvalue weighted by Gasteiger charge is -2.23. The number of fused-ring (bicyclic) bond motifs is 1. The van der Waals surface area contributed by atoms with Crippen LogP contribution in [0.25, 0.3) is 0 Å². The highest BCUT2D eigenvalue weighted by molar-refractivity contribution is 9.10. The van der Waals surface area contributed by atoms with Crippen LogP contribution < -0.4 is 5.32 Å². The van der Waals surface area contributed by atoms with E-state index in [4.69, 9.17) is 11.6 Å². The van der Waals surface area contributed by atoms with E-state index in [2.05, 4.69) is 53.9 Å². The van der Waals surface area contributed by atoms with Crippen LogP contribution >= 0.6 is 38.9 Å². The van der Waals surface area contributed by atoms with Crippen LogP contribution in [0.5, 0.6) is 0 Å². The molecule has 0 radical (unpaired) electrons. The molecule has 0 spiro atoms. The van der Waals surface area contributed by atoms with Gasteiger partial charge in [0.25, 0.3) is 5.69 Å². The fourth-order valence-electron chi connectivity index (χ4n) is 4.38. The predicted molar refractivity (Wildman–Crippen MR) is 111 cm³/mol. The van der Waals surface area contributed by atoms with E-state index in [1.807, 2.05) is 6.92 Å². The number of thiazole rings is 1. The Morgan fingerprint density at radius 2 is 1.96 bits per heavy atom. The van der Waals surface area contributed by atoms with E-state index in [-0.39, 0.29) is 21.4 Å². The van der Waals surface area contributed by atoms with Gasteiger partial charge in [-0.25, -0.2) is 4.98 Å². The first-order valence-corrected chi connectivity index (χ1v) is 10.3. The highest BCUT2D eigenvalue weighted by atomic mass is 79.9. The van der Waals surface area contributed by atoms with Gasteiger partial charge in [-0.3, -0.25) is 10.1 Å². The molecule has 0 fully saturated rings. The summed E-state index contributed by atoms with van der Waals surface area (Å²) in [6.07, 6.45) is 2.58. The first-order valence-electron chi connectivity index (χ1n) is 8.31. The number of nitrogens with one attached hydrogen (secondary N) is 1. The molecular formula is C18H21BrClN3O2S. The predicted octanol–water partition coefficient (Wildman–Crippen LogP) is 6.35.